The van der Waals surface area contributed by atoms with Crippen LogP contribution in [0, 0.1) is 0 Å². The van der Waals surface area contributed by atoms with Gasteiger partial charge in [-0.15, -0.1) is 0 Å². The maximum Gasteiger partial charge on any atom is 0.220 e. The van der Waals surface area contributed by atoms with Crippen molar-refractivity contribution in [3.8, 4) is 0 Å². The van der Waals surface area contributed by atoms with E-state index in [4.69, 9.17) is 4.74 Å². The number of rotatable bonds is 10. The zero-order valence-electron chi connectivity index (χ0n) is 9.97. The van der Waals surface area contributed by atoms with Crippen molar-refractivity contribution in [1.29, 1.82) is 0 Å². The lowest BCUT2D eigenvalue weighted by molar-refractivity contribution is -0.121. The number of nitrogens with one attached hydrogen (secondary N) is 2. The minimum absolute atomic E-state index is 0.115. The quantitative estimate of drug-likeness (QED) is 0.534. The molecular weight excluding hydrogens is 192 g/mol. The van der Waals surface area contributed by atoms with Crippen LogP contribution in [0.3, 0.4) is 0 Å². The van der Waals surface area contributed by atoms with Gasteiger partial charge in [0.25, 0.3) is 0 Å². The molecule has 0 aromatic carbocycles. The van der Waals surface area contributed by atoms with Gasteiger partial charge in [0, 0.05) is 19.6 Å². The molecule has 0 unspecified atom stereocenters. The van der Waals surface area contributed by atoms with Crippen LogP contribution in [0.15, 0.2) is 0 Å². The van der Waals surface area contributed by atoms with E-state index in [0.717, 1.165) is 32.4 Å². The van der Waals surface area contributed by atoms with E-state index >= 15 is 0 Å². The molecule has 15 heavy (non-hydrogen) atoms. The number of hydrogen-bond donors (Lipinski definition) is 2. The van der Waals surface area contributed by atoms with Gasteiger partial charge in [0.15, 0.2) is 0 Å². The monoisotopic (exact) mass is 216 g/mol. The molecule has 0 aliphatic rings. The van der Waals surface area contributed by atoms with E-state index in [1.54, 1.807) is 0 Å². The van der Waals surface area contributed by atoms with Gasteiger partial charge in [-0.05, 0) is 26.4 Å². The highest BCUT2D eigenvalue weighted by atomic mass is 16.5. The van der Waals surface area contributed by atoms with Crippen molar-refractivity contribution in [2.75, 3.05) is 33.4 Å². The first-order valence-corrected chi connectivity index (χ1v) is 5.80. The number of amides is 1. The highest BCUT2D eigenvalue weighted by molar-refractivity contribution is 5.75. The van der Waals surface area contributed by atoms with Crippen molar-refractivity contribution in [2.45, 2.75) is 32.6 Å². The Hall–Kier alpha value is -0.610. The first-order chi connectivity index (χ1) is 7.31. The Bertz CT molecular complexity index is 152. The van der Waals surface area contributed by atoms with Crippen LogP contribution in [0.2, 0.25) is 0 Å². The molecule has 0 spiro atoms. The predicted molar refractivity (Wildman–Crippen MR) is 61.9 cm³/mol. The summed E-state index contributed by atoms with van der Waals surface area (Å²) < 4.78 is 5.32. The predicted octanol–water partition coefficient (Wildman–Crippen LogP) is 0.919. The van der Waals surface area contributed by atoms with Gasteiger partial charge in [-0.25, -0.2) is 0 Å². The van der Waals surface area contributed by atoms with Gasteiger partial charge in [0.1, 0.15) is 0 Å². The standard InChI is InChI=1S/C11H24N2O2/c1-3-4-9-15-10-8-13-11(14)6-5-7-12-2/h12H,3-10H2,1-2H3,(H,13,14). The van der Waals surface area contributed by atoms with E-state index < -0.39 is 0 Å². The van der Waals surface area contributed by atoms with Gasteiger partial charge in [-0.2, -0.15) is 0 Å². The zero-order chi connectivity index (χ0) is 11.4. The van der Waals surface area contributed by atoms with Crippen molar-refractivity contribution >= 4 is 5.91 Å². The molecule has 0 bridgehead atoms. The van der Waals surface area contributed by atoms with Gasteiger partial charge in [0.05, 0.1) is 6.61 Å². The third kappa shape index (κ3) is 11.3. The first-order valence-electron chi connectivity index (χ1n) is 5.80. The molecule has 0 rings (SSSR count). The summed E-state index contributed by atoms with van der Waals surface area (Å²) in [5.74, 6) is 0.115. The summed E-state index contributed by atoms with van der Waals surface area (Å²) in [6.45, 7) is 5.07. The number of ether oxygens (including phenoxy) is 1. The SMILES string of the molecule is CCCCOCCNC(=O)CCCNC. The molecule has 0 heterocycles. The highest BCUT2D eigenvalue weighted by Crippen LogP contribution is 1.88. The number of hydrogen-bond acceptors (Lipinski definition) is 3. The van der Waals surface area contributed by atoms with Crippen LogP contribution in [-0.4, -0.2) is 39.3 Å². The molecule has 0 fully saturated rings. The minimum Gasteiger partial charge on any atom is -0.380 e. The van der Waals surface area contributed by atoms with E-state index in [1.165, 1.54) is 0 Å². The minimum atomic E-state index is 0.115. The van der Waals surface area contributed by atoms with E-state index in [2.05, 4.69) is 17.6 Å². The number of carbonyl (C=O) groups is 1. The Labute approximate surface area is 92.8 Å². The van der Waals surface area contributed by atoms with Crippen LogP contribution in [0.4, 0.5) is 0 Å². The van der Waals surface area contributed by atoms with Gasteiger partial charge in [-0.3, -0.25) is 4.79 Å². The molecule has 4 nitrogen and oxygen atoms in total. The van der Waals surface area contributed by atoms with Crippen molar-refractivity contribution in [1.82, 2.24) is 10.6 Å². The molecule has 0 saturated carbocycles. The van der Waals surface area contributed by atoms with Crippen LogP contribution in [0.1, 0.15) is 32.6 Å². The Morgan fingerprint density at radius 2 is 2.00 bits per heavy atom. The molecule has 4 heteroatoms. The average molecular weight is 216 g/mol. The largest absolute Gasteiger partial charge is 0.380 e. The van der Waals surface area contributed by atoms with Crippen LogP contribution in [0.5, 0.6) is 0 Å². The fraction of sp³-hybridized carbons (Fsp3) is 0.909. The molecule has 0 saturated heterocycles. The molecule has 0 radical (unpaired) electrons. The normalized spacial score (nSPS) is 10.3. The molecule has 0 aromatic rings. The van der Waals surface area contributed by atoms with E-state index in [0.29, 0.717) is 19.6 Å². The van der Waals surface area contributed by atoms with Crippen molar-refractivity contribution in [2.24, 2.45) is 0 Å². The molecule has 0 aliphatic heterocycles. The summed E-state index contributed by atoms with van der Waals surface area (Å²) >= 11 is 0. The van der Waals surface area contributed by atoms with E-state index in [1.807, 2.05) is 7.05 Å². The lowest BCUT2D eigenvalue weighted by atomic mass is 10.3. The van der Waals surface area contributed by atoms with Crippen LogP contribution in [-0.2, 0) is 9.53 Å². The summed E-state index contributed by atoms with van der Waals surface area (Å²) in [4.78, 5) is 11.2. The second kappa shape index (κ2) is 11.5. The molecule has 90 valence electrons. The number of carbonyl (C=O) groups excluding carboxylic acids is 1. The smallest absolute Gasteiger partial charge is 0.220 e. The van der Waals surface area contributed by atoms with Crippen LogP contribution in [0.25, 0.3) is 0 Å². The third-order valence-electron chi connectivity index (χ3n) is 2.04. The molecule has 0 atom stereocenters. The Morgan fingerprint density at radius 1 is 1.20 bits per heavy atom. The van der Waals surface area contributed by atoms with Gasteiger partial charge in [0.2, 0.25) is 5.91 Å². The van der Waals surface area contributed by atoms with Crippen LogP contribution < -0.4 is 10.6 Å². The van der Waals surface area contributed by atoms with Crippen molar-refractivity contribution < 1.29 is 9.53 Å². The topological polar surface area (TPSA) is 50.4 Å². The fourth-order valence-electron chi connectivity index (χ4n) is 1.13. The van der Waals surface area contributed by atoms with Crippen molar-refractivity contribution in [3.05, 3.63) is 0 Å². The summed E-state index contributed by atoms with van der Waals surface area (Å²) in [6.07, 6.45) is 3.72. The van der Waals surface area contributed by atoms with Gasteiger partial charge in [-0.1, -0.05) is 13.3 Å². The lowest BCUT2D eigenvalue weighted by Gasteiger charge is -2.05. The summed E-state index contributed by atoms with van der Waals surface area (Å²) in [5.41, 5.74) is 0. The van der Waals surface area contributed by atoms with Gasteiger partial charge >= 0.3 is 0 Å². The molecule has 2 N–H and O–H groups in total. The molecular formula is C11H24N2O2. The summed E-state index contributed by atoms with van der Waals surface area (Å²) in [7, 11) is 1.89. The second-order valence-electron chi connectivity index (χ2n) is 3.52. The average Bonchev–Trinajstić information content (AvgIpc) is 2.23. The Morgan fingerprint density at radius 3 is 2.67 bits per heavy atom. The lowest BCUT2D eigenvalue weighted by Crippen LogP contribution is -2.27. The van der Waals surface area contributed by atoms with E-state index in [-0.39, 0.29) is 5.91 Å². The summed E-state index contributed by atoms with van der Waals surface area (Å²) in [5, 5.41) is 5.84. The first kappa shape index (κ1) is 14.4. The fourth-order valence-corrected chi connectivity index (χ4v) is 1.13. The molecule has 1 amide bonds. The maximum atomic E-state index is 11.2. The Kier molecular flexibility index (Phi) is 11.0. The second-order valence-corrected chi connectivity index (χ2v) is 3.52. The maximum absolute atomic E-state index is 11.2. The molecule has 0 aromatic heterocycles. The van der Waals surface area contributed by atoms with E-state index in [9.17, 15) is 4.79 Å². The highest BCUT2D eigenvalue weighted by Gasteiger charge is 1.98. The zero-order valence-corrected chi connectivity index (χ0v) is 9.97. The number of unbranched alkanes of at least 4 members (excludes halogenated alkanes) is 1. The third-order valence-corrected chi connectivity index (χ3v) is 2.04. The van der Waals surface area contributed by atoms with Gasteiger partial charge < -0.3 is 15.4 Å². The Balaban J connectivity index is 3.10. The summed E-state index contributed by atoms with van der Waals surface area (Å²) in [6, 6.07) is 0. The van der Waals surface area contributed by atoms with Crippen molar-refractivity contribution in [3.63, 3.8) is 0 Å². The molecule has 0 aliphatic carbocycles. The van der Waals surface area contributed by atoms with Crippen LogP contribution >= 0.6 is 0 Å².